The lowest BCUT2D eigenvalue weighted by Crippen LogP contribution is -2.12. The molecule has 0 aliphatic carbocycles. The molecule has 26 heavy (non-hydrogen) atoms. The minimum Gasteiger partial charge on any atom is -0.389 e. The van der Waals surface area contributed by atoms with E-state index < -0.39 is 11.9 Å². The SMILES string of the molecule is CCCCCCCCCCCCCCCC(=O)OC(=O)c1ccccc1. The average molecular weight is 361 g/mol. The Balaban J connectivity index is 1.88. The Morgan fingerprint density at radius 3 is 1.65 bits per heavy atom. The maximum absolute atomic E-state index is 11.7. The highest BCUT2D eigenvalue weighted by molar-refractivity contribution is 5.96. The van der Waals surface area contributed by atoms with Gasteiger partial charge < -0.3 is 4.74 Å². The molecule has 3 nitrogen and oxygen atoms in total. The van der Waals surface area contributed by atoms with Gasteiger partial charge in [-0.3, -0.25) is 4.79 Å². The number of esters is 2. The number of hydrogen-bond acceptors (Lipinski definition) is 3. The summed E-state index contributed by atoms with van der Waals surface area (Å²) in [4.78, 5) is 23.4. The van der Waals surface area contributed by atoms with Crippen LogP contribution in [0.4, 0.5) is 0 Å². The van der Waals surface area contributed by atoms with Crippen molar-refractivity contribution in [3.8, 4) is 0 Å². The van der Waals surface area contributed by atoms with Crippen molar-refractivity contribution in [3.05, 3.63) is 35.9 Å². The second-order valence-corrected chi connectivity index (χ2v) is 7.12. The molecule has 0 N–H and O–H groups in total. The van der Waals surface area contributed by atoms with Crippen molar-refractivity contribution < 1.29 is 14.3 Å². The summed E-state index contributed by atoms with van der Waals surface area (Å²) >= 11 is 0. The zero-order valence-corrected chi connectivity index (χ0v) is 16.5. The second-order valence-electron chi connectivity index (χ2n) is 7.12. The van der Waals surface area contributed by atoms with Crippen molar-refractivity contribution in [2.75, 3.05) is 0 Å². The number of benzene rings is 1. The third-order valence-electron chi connectivity index (χ3n) is 4.70. The van der Waals surface area contributed by atoms with Crippen LogP contribution in [0.3, 0.4) is 0 Å². The van der Waals surface area contributed by atoms with Crippen molar-refractivity contribution in [1.82, 2.24) is 0 Å². The van der Waals surface area contributed by atoms with Crippen LogP contribution in [0.1, 0.15) is 107 Å². The first kappa shape index (κ1) is 22.4. The fraction of sp³-hybridized carbons (Fsp3) is 0.652. The summed E-state index contributed by atoms with van der Waals surface area (Å²) in [6.45, 7) is 2.26. The van der Waals surface area contributed by atoms with Crippen LogP contribution in [-0.2, 0) is 9.53 Å². The molecule has 3 heteroatoms. The molecule has 146 valence electrons. The molecule has 1 aromatic rings. The molecule has 0 aliphatic heterocycles. The highest BCUT2D eigenvalue weighted by Gasteiger charge is 2.11. The first-order chi connectivity index (χ1) is 12.7. The molecule has 0 heterocycles. The van der Waals surface area contributed by atoms with Gasteiger partial charge in [-0.1, -0.05) is 102 Å². The fourth-order valence-corrected chi connectivity index (χ4v) is 3.07. The van der Waals surface area contributed by atoms with Crippen LogP contribution < -0.4 is 0 Å². The van der Waals surface area contributed by atoms with Gasteiger partial charge >= 0.3 is 11.9 Å². The topological polar surface area (TPSA) is 43.4 Å². The lowest BCUT2D eigenvalue weighted by molar-refractivity contribution is -0.138. The molecule has 0 atom stereocenters. The smallest absolute Gasteiger partial charge is 0.345 e. The van der Waals surface area contributed by atoms with E-state index in [9.17, 15) is 9.59 Å². The summed E-state index contributed by atoms with van der Waals surface area (Å²) in [5.74, 6) is -0.966. The quantitative estimate of drug-likeness (QED) is 0.195. The van der Waals surface area contributed by atoms with E-state index in [0.29, 0.717) is 12.0 Å². The molecule has 0 aromatic heterocycles. The van der Waals surface area contributed by atoms with Gasteiger partial charge in [-0.2, -0.15) is 0 Å². The predicted molar refractivity (Wildman–Crippen MR) is 107 cm³/mol. The van der Waals surface area contributed by atoms with E-state index in [-0.39, 0.29) is 0 Å². The number of rotatable bonds is 15. The Kier molecular flexibility index (Phi) is 13.4. The summed E-state index contributed by atoms with van der Waals surface area (Å²) < 4.78 is 4.87. The number of carbonyl (C=O) groups excluding carboxylic acids is 2. The maximum atomic E-state index is 11.7. The normalized spacial score (nSPS) is 10.7. The molecule has 1 aromatic carbocycles. The van der Waals surface area contributed by atoms with Crippen molar-refractivity contribution in [1.29, 1.82) is 0 Å². The molecule has 0 bridgehead atoms. The van der Waals surface area contributed by atoms with Gasteiger partial charge in [0.05, 0.1) is 5.56 Å². The summed E-state index contributed by atoms with van der Waals surface area (Å²) in [5, 5.41) is 0. The molecule has 0 saturated carbocycles. The third kappa shape index (κ3) is 11.8. The van der Waals surface area contributed by atoms with Gasteiger partial charge in [0.2, 0.25) is 0 Å². The van der Waals surface area contributed by atoms with Crippen LogP contribution >= 0.6 is 0 Å². The van der Waals surface area contributed by atoms with E-state index in [1.54, 1.807) is 24.3 Å². The standard InChI is InChI=1S/C23H36O3/c1-2-3-4-5-6-7-8-9-10-11-12-13-17-20-22(24)26-23(25)21-18-15-14-16-19-21/h14-16,18-19H,2-13,17,20H2,1H3. The lowest BCUT2D eigenvalue weighted by atomic mass is 10.0. The third-order valence-corrected chi connectivity index (χ3v) is 4.70. The first-order valence-electron chi connectivity index (χ1n) is 10.5. The molecule has 0 aliphatic rings. The van der Waals surface area contributed by atoms with Crippen molar-refractivity contribution in [2.45, 2.75) is 96.8 Å². The van der Waals surface area contributed by atoms with Gasteiger partial charge in [0.1, 0.15) is 0 Å². The molecule has 1 rings (SSSR count). The molecule has 0 spiro atoms. The van der Waals surface area contributed by atoms with E-state index >= 15 is 0 Å². The van der Waals surface area contributed by atoms with Gasteiger partial charge in [0.15, 0.2) is 0 Å². The molecule has 0 radical (unpaired) electrons. The van der Waals surface area contributed by atoms with Crippen LogP contribution in [0, 0.1) is 0 Å². The van der Waals surface area contributed by atoms with Crippen LogP contribution in [0.15, 0.2) is 30.3 Å². The zero-order valence-electron chi connectivity index (χ0n) is 16.5. The van der Waals surface area contributed by atoms with Gasteiger partial charge in [-0.05, 0) is 18.6 Å². The van der Waals surface area contributed by atoms with E-state index in [1.165, 1.54) is 64.2 Å². The molecule has 0 unspecified atom stereocenters. The van der Waals surface area contributed by atoms with Crippen LogP contribution in [0.5, 0.6) is 0 Å². The predicted octanol–water partition coefficient (Wildman–Crippen LogP) is 6.85. The Bertz CT molecular complexity index is 481. The largest absolute Gasteiger partial charge is 0.389 e. The van der Waals surface area contributed by atoms with Crippen LogP contribution in [0.25, 0.3) is 0 Å². The first-order valence-corrected chi connectivity index (χ1v) is 10.5. The van der Waals surface area contributed by atoms with E-state index in [4.69, 9.17) is 4.74 Å². The van der Waals surface area contributed by atoms with Crippen LogP contribution in [0.2, 0.25) is 0 Å². The Morgan fingerprint density at radius 2 is 1.15 bits per heavy atom. The van der Waals surface area contributed by atoms with Crippen LogP contribution in [-0.4, -0.2) is 11.9 Å². The number of unbranched alkanes of at least 4 members (excludes halogenated alkanes) is 12. The highest BCUT2D eigenvalue weighted by Crippen LogP contribution is 2.13. The zero-order chi connectivity index (χ0) is 18.9. The number of carbonyl (C=O) groups is 2. The second kappa shape index (κ2) is 15.6. The van der Waals surface area contributed by atoms with Gasteiger partial charge in [0.25, 0.3) is 0 Å². The molecular weight excluding hydrogens is 324 g/mol. The molecule has 0 saturated heterocycles. The summed E-state index contributed by atoms with van der Waals surface area (Å²) in [5.41, 5.74) is 0.422. The Labute approximate surface area is 159 Å². The number of ether oxygens (including phenoxy) is 1. The van der Waals surface area contributed by atoms with Crippen molar-refractivity contribution >= 4 is 11.9 Å². The van der Waals surface area contributed by atoms with Gasteiger partial charge in [-0.25, -0.2) is 4.79 Å². The van der Waals surface area contributed by atoms with Gasteiger partial charge in [-0.15, -0.1) is 0 Å². The van der Waals surface area contributed by atoms with E-state index in [1.807, 2.05) is 6.07 Å². The van der Waals surface area contributed by atoms with Crippen molar-refractivity contribution in [3.63, 3.8) is 0 Å². The van der Waals surface area contributed by atoms with Gasteiger partial charge in [0, 0.05) is 6.42 Å². The molecule has 0 amide bonds. The lowest BCUT2D eigenvalue weighted by Gasteiger charge is -2.04. The summed E-state index contributed by atoms with van der Waals surface area (Å²) in [7, 11) is 0. The van der Waals surface area contributed by atoms with Crippen molar-refractivity contribution in [2.24, 2.45) is 0 Å². The average Bonchev–Trinajstić information content (AvgIpc) is 2.66. The number of hydrogen-bond donors (Lipinski definition) is 0. The van der Waals surface area contributed by atoms with E-state index in [0.717, 1.165) is 19.3 Å². The Morgan fingerprint density at radius 1 is 0.692 bits per heavy atom. The minimum absolute atomic E-state index is 0.330. The molecular formula is C23H36O3. The monoisotopic (exact) mass is 360 g/mol. The Hall–Kier alpha value is -1.64. The molecule has 0 fully saturated rings. The summed E-state index contributed by atoms with van der Waals surface area (Å²) in [6.07, 6.45) is 16.8. The summed E-state index contributed by atoms with van der Waals surface area (Å²) in [6, 6.07) is 8.65. The van der Waals surface area contributed by atoms with E-state index in [2.05, 4.69) is 6.92 Å². The minimum atomic E-state index is -0.551. The highest BCUT2D eigenvalue weighted by atomic mass is 16.6. The fourth-order valence-electron chi connectivity index (χ4n) is 3.07. The maximum Gasteiger partial charge on any atom is 0.345 e.